The highest BCUT2D eigenvalue weighted by atomic mass is 16.3. The number of rotatable bonds is 1. The van der Waals surface area contributed by atoms with Gasteiger partial charge in [0.15, 0.2) is 5.82 Å². The molecule has 0 aliphatic carbocycles. The van der Waals surface area contributed by atoms with Gasteiger partial charge in [-0.3, -0.25) is 4.79 Å². The van der Waals surface area contributed by atoms with Crippen LogP contribution in [0.1, 0.15) is 17.5 Å². The third-order valence-electron chi connectivity index (χ3n) is 4.95. The molecule has 4 rings (SSSR count). The van der Waals surface area contributed by atoms with E-state index >= 15 is 0 Å². The molecule has 1 saturated heterocycles. The SMILES string of the molecule is Cc1ccc(C#CC2(O)CCN(C)C2=O)cc1-c1ccc2ncnc(N)c2n1. The highest BCUT2D eigenvalue weighted by molar-refractivity contribution is 5.90. The molecule has 1 aliphatic heterocycles. The Morgan fingerprint density at radius 2 is 2.07 bits per heavy atom. The molecular formula is C21H19N5O2. The molecule has 0 saturated carbocycles. The number of likely N-dealkylation sites (tertiary alicyclic amines) is 1. The monoisotopic (exact) mass is 373 g/mol. The Morgan fingerprint density at radius 3 is 2.82 bits per heavy atom. The fraction of sp³-hybridized carbons (Fsp3) is 0.238. The lowest BCUT2D eigenvalue weighted by Gasteiger charge is -2.13. The number of likely N-dealkylation sites (N-methyl/N-ethyl adjacent to an activating group) is 1. The number of aryl methyl sites for hydroxylation is 1. The summed E-state index contributed by atoms with van der Waals surface area (Å²) >= 11 is 0. The van der Waals surface area contributed by atoms with Gasteiger partial charge in [0.25, 0.3) is 5.91 Å². The predicted molar refractivity (Wildman–Crippen MR) is 106 cm³/mol. The van der Waals surface area contributed by atoms with Gasteiger partial charge in [-0.05, 0) is 36.8 Å². The van der Waals surface area contributed by atoms with Crippen LogP contribution in [-0.4, -0.2) is 50.1 Å². The number of carbonyl (C=O) groups is 1. The average molecular weight is 373 g/mol. The lowest BCUT2D eigenvalue weighted by molar-refractivity contribution is -0.137. The number of hydrogen-bond acceptors (Lipinski definition) is 6. The van der Waals surface area contributed by atoms with Gasteiger partial charge in [-0.1, -0.05) is 17.9 Å². The van der Waals surface area contributed by atoms with Crippen LogP contribution in [-0.2, 0) is 4.79 Å². The zero-order valence-corrected chi connectivity index (χ0v) is 15.6. The summed E-state index contributed by atoms with van der Waals surface area (Å²) in [5.41, 5.74) is 8.85. The van der Waals surface area contributed by atoms with Crippen molar-refractivity contribution < 1.29 is 9.90 Å². The van der Waals surface area contributed by atoms with Crippen molar-refractivity contribution in [2.45, 2.75) is 18.9 Å². The van der Waals surface area contributed by atoms with Crippen molar-refractivity contribution in [1.82, 2.24) is 19.9 Å². The number of anilines is 1. The minimum Gasteiger partial charge on any atom is -0.382 e. The quantitative estimate of drug-likeness (QED) is 0.627. The fourth-order valence-electron chi connectivity index (χ4n) is 3.23. The van der Waals surface area contributed by atoms with Crippen LogP contribution >= 0.6 is 0 Å². The molecule has 3 heterocycles. The molecule has 3 aromatic rings. The number of benzene rings is 1. The number of fused-ring (bicyclic) bond motifs is 1. The molecule has 140 valence electrons. The molecule has 28 heavy (non-hydrogen) atoms. The Bertz CT molecular complexity index is 1160. The van der Waals surface area contributed by atoms with Crippen molar-refractivity contribution in [3.05, 3.63) is 47.8 Å². The Morgan fingerprint density at radius 1 is 1.25 bits per heavy atom. The normalized spacial score (nSPS) is 19.0. The molecule has 0 radical (unpaired) electrons. The molecule has 0 bridgehead atoms. The summed E-state index contributed by atoms with van der Waals surface area (Å²) < 4.78 is 0. The molecule has 2 aromatic heterocycles. The highest BCUT2D eigenvalue weighted by Crippen LogP contribution is 2.26. The van der Waals surface area contributed by atoms with Crippen molar-refractivity contribution >= 4 is 22.8 Å². The van der Waals surface area contributed by atoms with E-state index in [1.54, 1.807) is 7.05 Å². The predicted octanol–water partition coefficient (Wildman–Crippen LogP) is 1.53. The molecule has 1 amide bonds. The van der Waals surface area contributed by atoms with Crippen molar-refractivity contribution in [3.63, 3.8) is 0 Å². The van der Waals surface area contributed by atoms with Gasteiger partial charge >= 0.3 is 0 Å². The second kappa shape index (κ2) is 6.59. The number of pyridine rings is 1. The first kappa shape index (κ1) is 17.9. The summed E-state index contributed by atoms with van der Waals surface area (Å²) in [6.07, 6.45) is 1.71. The molecular weight excluding hydrogens is 354 g/mol. The van der Waals surface area contributed by atoms with Crippen molar-refractivity contribution in [3.8, 4) is 23.1 Å². The van der Waals surface area contributed by atoms with Crippen molar-refractivity contribution in [2.75, 3.05) is 19.3 Å². The largest absolute Gasteiger partial charge is 0.382 e. The molecule has 1 atom stereocenters. The molecule has 7 nitrogen and oxygen atoms in total. The third-order valence-corrected chi connectivity index (χ3v) is 4.95. The molecule has 1 aliphatic rings. The zero-order valence-electron chi connectivity index (χ0n) is 15.6. The van der Waals surface area contributed by atoms with E-state index in [-0.39, 0.29) is 5.91 Å². The number of hydrogen-bond donors (Lipinski definition) is 2. The number of aromatic nitrogens is 3. The topological polar surface area (TPSA) is 105 Å². The first-order valence-corrected chi connectivity index (χ1v) is 8.87. The lowest BCUT2D eigenvalue weighted by atomic mass is 9.99. The minimum atomic E-state index is -1.62. The van der Waals surface area contributed by atoms with Gasteiger partial charge in [-0.15, -0.1) is 0 Å². The number of nitrogens with zero attached hydrogens (tertiary/aromatic N) is 4. The van der Waals surface area contributed by atoms with E-state index in [1.165, 1.54) is 11.2 Å². The minimum absolute atomic E-state index is 0.305. The van der Waals surface area contributed by atoms with E-state index in [0.717, 1.165) is 16.8 Å². The van der Waals surface area contributed by atoms with E-state index in [4.69, 9.17) is 5.73 Å². The first-order valence-electron chi connectivity index (χ1n) is 8.87. The molecule has 1 unspecified atom stereocenters. The van der Waals surface area contributed by atoms with Crippen LogP contribution in [0, 0.1) is 18.8 Å². The molecule has 1 aromatic carbocycles. The summed E-state index contributed by atoms with van der Waals surface area (Å²) in [5.74, 6) is 5.65. The maximum atomic E-state index is 12.1. The zero-order chi connectivity index (χ0) is 19.9. The van der Waals surface area contributed by atoms with Crippen LogP contribution in [0.5, 0.6) is 0 Å². The van der Waals surface area contributed by atoms with E-state index in [9.17, 15) is 9.90 Å². The van der Waals surface area contributed by atoms with Crippen LogP contribution < -0.4 is 5.73 Å². The van der Waals surface area contributed by atoms with Gasteiger partial charge in [-0.2, -0.15) is 0 Å². The standard InChI is InChI=1S/C21H19N5O2/c1-13-3-4-14(7-8-21(28)9-10-26(2)20(21)27)11-15(13)16-5-6-17-18(25-16)19(22)24-12-23-17/h3-6,11-12,28H,9-10H2,1-2H3,(H2,22,23,24). The van der Waals surface area contributed by atoms with Crippen molar-refractivity contribution in [2.24, 2.45) is 0 Å². The Hall–Kier alpha value is -3.50. The van der Waals surface area contributed by atoms with Crippen LogP contribution in [0.3, 0.4) is 0 Å². The number of amides is 1. The fourth-order valence-corrected chi connectivity index (χ4v) is 3.23. The molecule has 0 spiro atoms. The molecule has 1 fully saturated rings. The van der Waals surface area contributed by atoms with E-state index in [1.807, 2.05) is 37.3 Å². The average Bonchev–Trinajstić information content (AvgIpc) is 2.95. The summed E-state index contributed by atoms with van der Waals surface area (Å²) in [7, 11) is 1.66. The van der Waals surface area contributed by atoms with Gasteiger partial charge < -0.3 is 15.7 Å². The Balaban J connectivity index is 1.74. The summed E-state index contributed by atoms with van der Waals surface area (Å²) in [5, 5.41) is 10.5. The summed E-state index contributed by atoms with van der Waals surface area (Å²) in [4.78, 5) is 26.4. The number of carbonyl (C=O) groups excluding carboxylic acids is 1. The summed E-state index contributed by atoms with van der Waals surface area (Å²) in [6, 6.07) is 9.41. The van der Waals surface area contributed by atoms with Gasteiger partial charge in [-0.25, -0.2) is 15.0 Å². The first-order chi connectivity index (χ1) is 13.4. The Kier molecular flexibility index (Phi) is 4.21. The smallest absolute Gasteiger partial charge is 0.267 e. The lowest BCUT2D eigenvalue weighted by Crippen LogP contribution is -2.37. The van der Waals surface area contributed by atoms with Gasteiger partial charge in [0.1, 0.15) is 11.8 Å². The highest BCUT2D eigenvalue weighted by Gasteiger charge is 2.42. The Labute approximate surface area is 162 Å². The molecule has 3 N–H and O–H groups in total. The molecule has 7 heteroatoms. The maximum Gasteiger partial charge on any atom is 0.267 e. The third kappa shape index (κ3) is 3.04. The summed E-state index contributed by atoms with van der Waals surface area (Å²) in [6.45, 7) is 2.47. The number of nitrogens with two attached hydrogens (primary N) is 1. The van der Waals surface area contributed by atoms with Gasteiger partial charge in [0, 0.05) is 31.1 Å². The van der Waals surface area contributed by atoms with Gasteiger partial charge in [0.05, 0.1) is 11.2 Å². The number of aliphatic hydroxyl groups is 1. The van der Waals surface area contributed by atoms with E-state index in [2.05, 4.69) is 26.8 Å². The van der Waals surface area contributed by atoms with Crippen LogP contribution in [0.25, 0.3) is 22.3 Å². The second-order valence-corrected chi connectivity index (χ2v) is 6.94. The second-order valence-electron chi connectivity index (χ2n) is 6.94. The van der Waals surface area contributed by atoms with Crippen LogP contribution in [0.15, 0.2) is 36.7 Å². The van der Waals surface area contributed by atoms with Crippen LogP contribution in [0.4, 0.5) is 5.82 Å². The van der Waals surface area contributed by atoms with Gasteiger partial charge in [0.2, 0.25) is 5.60 Å². The van der Waals surface area contributed by atoms with E-state index in [0.29, 0.717) is 35.4 Å². The van der Waals surface area contributed by atoms with Crippen molar-refractivity contribution in [1.29, 1.82) is 0 Å². The number of nitrogen functional groups attached to an aromatic ring is 1. The van der Waals surface area contributed by atoms with E-state index < -0.39 is 5.60 Å². The van der Waals surface area contributed by atoms with Crippen LogP contribution in [0.2, 0.25) is 0 Å². The maximum absolute atomic E-state index is 12.1.